The molecule has 3 rings (SSSR count). The zero-order valence-electron chi connectivity index (χ0n) is 11.1. The van der Waals surface area contributed by atoms with Crippen molar-refractivity contribution in [1.82, 2.24) is 15.3 Å². The van der Waals surface area contributed by atoms with Gasteiger partial charge < -0.3 is 14.7 Å². The molecule has 2 heterocycles. The highest BCUT2D eigenvalue weighted by atomic mass is 16.3. The predicted octanol–water partition coefficient (Wildman–Crippen LogP) is 3.32. The second-order valence-corrected chi connectivity index (χ2v) is 4.94. The lowest BCUT2D eigenvalue weighted by molar-refractivity contribution is 0.583. The van der Waals surface area contributed by atoms with Crippen LogP contribution < -0.4 is 5.32 Å². The third-order valence-electron chi connectivity index (χ3n) is 3.07. The maximum absolute atomic E-state index is 5.54. The Morgan fingerprint density at radius 2 is 2.16 bits per heavy atom. The molecule has 1 aromatic carbocycles. The Labute approximate surface area is 111 Å². The van der Waals surface area contributed by atoms with Crippen molar-refractivity contribution in [1.29, 1.82) is 0 Å². The van der Waals surface area contributed by atoms with E-state index in [2.05, 4.69) is 29.1 Å². The van der Waals surface area contributed by atoms with Gasteiger partial charge in [-0.25, -0.2) is 4.98 Å². The molecule has 0 bridgehead atoms. The van der Waals surface area contributed by atoms with Gasteiger partial charge in [-0.2, -0.15) is 0 Å². The van der Waals surface area contributed by atoms with Crippen LogP contribution in [0.1, 0.15) is 19.5 Å². The fraction of sp³-hybridized carbons (Fsp3) is 0.267. The predicted molar refractivity (Wildman–Crippen MR) is 75.8 cm³/mol. The van der Waals surface area contributed by atoms with E-state index in [0.717, 1.165) is 34.6 Å². The first-order valence-corrected chi connectivity index (χ1v) is 6.48. The van der Waals surface area contributed by atoms with Crippen molar-refractivity contribution in [3.05, 3.63) is 42.4 Å². The monoisotopic (exact) mass is 255 g/mol. The Kier molecular flexibility index (Phi) is 3.09. The van der Waals surface area contributed by atoms with Crippen molar-refractivity contribution >= 4 is 11.0 Å². The average molecular weight is 255 g/mol. The molecule has 0 unspecified atom stereocenters. The van der Waals surface area contributed by atoms with Gasteiger partial charge in [0.2, 0.25) is 0 Å². The molecule has 0 atom stereocenters. The smallest absolute Gasteiger partial charge is 0.141 e. The Morgan fingerprint density at radius 1 is 1.32 bits per heavy atom. The molecule has 98 valence electrons. The van der Waals surface area contributed by atoms with Gasteiger partial charge in [0, 0.05) is 29.9 Å². The van der Waals surface area contributed by atoms with Crippen molar-refractivity contribution in [3.63, 3.8) is 0 Å². The number of aromatic nitrogens is 2. The Morgan fingerprint density at radius 3 is 3.00 bits per heavy atom. The number of imidazole rings is 1. The lowest BCUT2D eigenvalue weighted by Gasteiger charge is -2.05. The van der Waals surface area contributed by atoms with Gasteiger partial charge in [0.25, 0.3) is 0 Å². The summed E-state index contributed by atoms with van der Waals surface area (Å²) in [5.41, 5.74) is 2.97. The van der Waals surface area contributed by atoms with Crippen LogP contribution in [0.3, 0.4) is 0 Å². The quantitative estimate of drug-likeness (QED) is 0.752. The van der Waals surface area contributed by atoms with Gasteiger partial charge in [-0.3, -0.25) is 0 Å². The number of nitrogens with one attached hydrogen (secondary N) is 2. The van der Waals surface area contributed by atoms with Crippen LogP contribution in [0.4, 0.5) is 0 Å². The normalized spacial score (nSPS) is 11.5. The summed E-state index contributed by atoms with van der Waals surface area (Å²) in [6.07, 6.45) is 3.62. The molecule has 0 amide bonds. The summed E-state index contributed by atoms with van der Waals surface area (Å²) in [4.78, 5) is 7.76. The van der Waals surface area contributed by atoms with E-state index in [1.165, 1.54) is 0 Å². The number of benzene rings is 1. The topological polar surface area (TPSA) is 53.9 Å². The van der Waals surface area contributed by atoms with E-state index in [0.29, 0.717) is 6.04 Å². The number of fused-ring (bicyclic) bond motifs is 1. The number of furan rings is 1. The number of nitrogens with zero attached hydrogens (tertiary/aromatic N) is 1. The van der Waals surface area contributed by atoms with Crippen LogP contribution in [0.25, 0.3) is 22.4 Å². The van der Waals surface area contributed by atoms with Gasteiger partial charge in [-0.1, -0.05) is 32.0 Å². The molecule has 0 spiro atoms. The molecule has 2 N–H and O–H groups in total. The minimum atomic E-state index is 0.460. The third-order valence-corrected chi connectivity index (χ3v) is 3.07. The summed E-state index contributed by atoms with van der Waals surface area (Å²) in [7, 11) is 0. The molecule has 0 fully saturated rings. The Balaban J connectivity index is 1.90. The van der Waals surface area contributed by atoms with Crippen LogP contribution in [0, 0.1) is 0 Å². The van der Waals surface area contributed by atoms with Gasteiger partial charge in [0.15, 0.2) is 0 Å². The van der Waals surface area contributed by atoms with Crippen molar-refractivity contribution < 1.29 is 4.42 Å². The zero-order valence-corrected chi connectivity index (χ0v) is 11.1. The maximum atomic E-state index is 5.54. The van der Waals surface area contributed by atoms with Crippen LogP contribution >= 0.6 is 0 Å². The van der Waals surface area contributed by atoms with Crippen LogP contribution in [0.2, 0.25) is 0 Å². The van der Waals surface area contributed by atoms with Gasteiger partial charge >= 0.3 is 0 Å². The summed E-state index contributed by atoms with van der Waals surface area (Å²) < 4.78 is 5.54. The zero-order chi connectivity index (χ0) is 13.2. The Hall–Kier alpha value is -2.07. The molecule has 0 aliphatic heterocycles. The molecule has 0 saturated carbocycles. The van der Waals surface area contributed by atoms with Gasteiger partial charge in [-0.15, -0.1) is 0 Å². The number of rotatable bonds is 4. The van der Waals surface area contributed by atoms with E-state index in [4.69, 9.17) is 4.42 Å². The molecule has 19 heavy (non-hydrogen) atoms. The standard InChI is InChI=1S/C15H17N3O/c1-10(2)16-7-11-8-17-15(18-11)13-9-19-14-6-4-3-5-12(13)14/h3-6,8-10,16H,7H2,1-2H3,(H,17,18). The average Bonchev–Trinajstić information content (AvgIpc) is 3.02. The maximum Gasteiger partial charge on any atom is 0.141 e. The number of hydrogen-bond donors (Lipinski definition) is 2. The highest BCUT2D eigenvalue weighted by Gasteiger charge is 2.10. The first-order valence-electron chi connectivity index (χ1n) is 6.48. The van der Waals surface area contributed by atoms with Gasteiger partial charge in [0.05, 0.1) is 5.56 Å². The largest absolute Gasteiger partial charge is 0.464 e. The highest BCUT2D eigenvalue weighted by Crippen LogP contribution is 2.28. The summed E-state index contributed by atoms with van der Waals surface area (Å²) in [6, 6.07) is 8.44. The SMILES string of the molecule is CC(C)NCc1cnc(-c2coc3ccccc23)[nH]1. The number of H-pyrrole nitrogens is 1. The second-order valence-electron chi connectivity index (χ2n) is 4.94. The van der Waals surface area contributed by atoms with E-state index in [1.807, 2.05) is 30.5 Å². The van der Waals surface area contributed by atoms with Crippen molar-refractivity contribution in [2.45, 2.75) is 26.4 Å². The van der Waals surface area contributed by atoms with E-state index >= 15 is 0 Å². The number of hydrogen-bond acceptors (Lipinski definition) is 3. The number of para-hydroxylation sites is 1. The van der Waals surface area contributed by atoms with Crippen LogP contribution in [-0.4, -0.2) is 16.0 Å². The molecule has 2 aromatic heterocycles. The molecular formula is C15H17N3O. The lowest BCUT2D eigenvalue weighted by Crippen LogP contribution is -2.21. The molecule has 3 aromatic rings. The summed E-state index contributed by atoms with van der Waals surface area (Å²) in [6.45, 7) is 5.04. The number of aromatic amines is 1. The summed E-state index contributed by atoms with van der Waals surface area (Å²) in [5.74, 6) is 0.852. The minimum absolute atomic E-state index is 0.460. The highest BCUT2D eigenvalue weighted by molar-refractivity contribution is 5.91. The molecule has 0 radical (unpaired) electrons. The van der Waals surface area contributed by atoms with Crippen molar-refractivity contribution in [2.24, 2.45) is 0 Å². The molecular weight excluding hydrogens is 238 g/mol. The fourth-order valence-electron chi connectivity index (χ4n) is 2.06. The van der Waals surface area contributed by atoms with Crippen molar-refractivity contribution in [3.8, 4) is 11.4 Å². The molecule has 0 aliphatic rings. The van der Waals surface area contributed by atoms with Gasteiger partial charge in [-0.05, 0) is 6.07 Å². The molecule has 4 nitrogen and oxygen atoms in total. The van der Waals surface area contributed by atoms with E-state index in [1.54, 1.807) is 6.26 Å². The third kappa shape index (κ3) is 2.39. The van der Waals surface area contributed by atoms with E-state index in [-0.39, 0.29) is 0 Å². The van der Waals surface area contributed by atoms with E-state index < -0.39 is 0 Å². The van der Waals surface area contributed by atoms with Crippen LogP contribution in [0.15, 0.2) is 41.1 Å². The molecule has 0 aliphatic carbocycles. The van der Waals surface area contributed by atoms with Gasteiger partial charge in [0.1, 0.15) is 17.7 Å². The van der Waals surface area contributed by atoms with Crippen molar-refractivity contribution in [2.75, 3.05) is 0 Å². The first-order chi connectivity index (χ1) is 9.24. The second kappa shape index (κ2) is 4.90. The minimum Gasteiger partial charge on any atom is -0.464 e. The first kappa shape index (κ1) is 12.0. The molecule has 4 heteroatoms. The van der Waals surface area contributed by atoms with Crippen LogP contribution in [0.5, 0.6) is 0 Å². The van der Waals surface area contributed by atoms with Crippen LogP contribution in [-0.2, 0) is 6.54 Å². The Bertz CT molecular complexity index is 681. The summed E-state index contributed by atoms with van der Waals surface area (Å²) >= 11 is 0. The molecule has 0 saturated heterocycles. The lowest BCUT2D eigenvalue weighted by atomic mass is 10.2. The summed E-state index contributed by atoms with van der Waals surface area (Å²) in [5, 5.41) is 4.45. The van der Waals surface area contributed by atoms with E-state index in [9.17, 15) is 0 Å². The fourth-order valence-corrected chi connectivity index (χ4v) is 2.06.